The molecule has 1 aromatic carbocycles. The van der Waals surface area contributed by atoms with Crippen LogP contribution in [0.15, 0.2) is 29.2 Å². The smallest absolute Gasteiger partial charge is 0.183 e. The molecule has 0 aliphatic rings. The van der Waals surface area contributed by atoms with Gasteiger partial charge in [-0.05, 0) is 18.6 Å². The number of thioether (sulfide) groups is 1. The first-order valence-corrected chi connectivity index (χ1v) is 6.35. The molecule has 0 fully saturated rings. The summed E-state index contributed by atoms with van der Waals surface area (Å²) in [7, 11) is 3.22. The Morgan fingerprint density at radius 3 is 2.24 bits per heavy atom. The maximum absolute atomic E-state index is 8.90. The van der Waals surface area contributed by atoms with Gasteiger partial charge in [0.05, 0.1) is 11.3 Å². The second-order valence-electron chi connectivity index (χ2n) is 3.52. The fourth-order valence-electron chi connectivity index (χ4n) is 1.44. The predicted octanol–water partition coefficient (Wildman–Crippen LogP) is 3.37. The van der Waals surface area contributed by atoms with E-state index in [1.807, 2.05) is 31.2 Å². The van der Waals surface area contributed by atoms with Crippen LogP contribution < -0.4 is 0 Å². The lowest BCUT2D eigenvalue weighted by Gasteiger charge is -2.14. The third kappa shape index (κ3) is 4.04. The van der Waals surface area contributed by atoms with Crippen molar-refractivity contribution in [3.8, 4) is 6.07 Å². The summed E-state index contributed by atoms with van der Waals surface area (Å²) >= 11 is 1.58. The molecule has 0 bridgehead atoms. The van der Waals surface area contributed by atoms with Gasteiger partial charge in [0.2, 0.25) is 0 Å². The summed E-state index contributed by atoms with van der Waals surface area (Å²) in [6.45, 7) is 2.02. The van der Waals surface area contributed by atoms with Crippen molar-refractivity contribution in [2.45, 2.75) is 29.8 Å². The second kappa shape index (κ2) is 7.33. The summed E-state index contributed by atoms with van der Waals surface area (Å²) in [5.41, 5.74) is 0.976. The van der Waals surface area contributed by atoms with Gasteiger partial charge in [-0.1, -0.05) is 19.1 Å². The van der Waals surface area contributed by atoms with Crippen LogP contribution in [0.5, 0.6) is 0 Å². The van der Waals surface area contributed by atoms with Crippen LogP contribution in [-0.4, -0.2) is 19.5 Å². The number of nitrogens with zero attached hydrogens (tertiary/aromatic N) is 1. The highest BCUT2D eigenvalue weighted by Gasteiger charge is 2.10. The van der Waals surface area contributed by atoms with E-state index in [4.69, 9.17) is 14.7 Å². The highest BCUT2D eigenvalue weighted by atomic mass is 32.2. The molecule has 0 amide bonds. The van der Waals surface area contributed by atoms with Gasteiger partial charge in [-0.2, -0.15) is 5.26 Å². The van der Waals surface area contributed by atoms with Crippen molar-refractivity contribution in [1.29, 1.82) is 5.26 Å². The first-order valence-electron chi connectivity index (χ1n) is 5.47. The average Bonchev–Trinajstić information content (AvgIpc) is 2.39. The van der Waals surface area contributed by atoms with E-state index in [9.17, 15) is 0 Å². The standard InChI is InChI=1S/C13H17NO2S/c1-4-11(9-14)17-12-7-5-10(6-8-12)13(15-2)16-3/h5-8,11,13H,4H2,1-3H3. The number of rotatable bonds is 6. The van der Waals surface area contributed by atoms with Gasteiger partial charge in [-0.3, -0.25) is 0 Å². The third-order valence-electron chi connectivity index (χ3n) is 2.37. The zero-order valence-electron chi connectivity index (χ0n) is 10.3. The van der Waals surface area contributed by atoms with Gasteiger partial charge < -0.3 is 9.47 Å². The lowest BCUT2D eigenvalue weighted by atomic mass is 10.2. The molecule has 1 atom stereocenters. The Hall–Kier alpha value is -1.02. The van der Waals surface area contributed by atoms with Gasteiger partial charge >= 0.3 is 0 Å². The molecule has 0 saturated heterocycles. The molecule has 0 aliphatic heterocycles. The van der Waals surface area contributed by atoms with E-state index < -0.39 is 0 Å². The van der Waals surface area contributed by atoms with Crippen molar-refractivity contribution in [3.63, 3.8) is 0 Å². The van der Waals surface area contributed by atoms with Crippen molar-refractivity contribution in [2.75, 3.05) is 14.2 Å². The van der Waals surface area contributed by atoms with Crippen molar-refractivity contribution in [3.05, 3.63) is 29.8 Å². The predicted molar refractivity (Wildman–Crippen MR) is 68.8 cm³/mol. The van der Waals surface area contributed by atoms with Crippen LogP contribution in [0.2, 0.25) is 0 Å². The molecule has 1 aromatic rings. The summed E-state index contributed by atoms with van der Waals surface area (Å²) in [6.07, 6.45) is 0.522. The van der Waals surface area contributed by atoms with Gasteiger partial charge in [0.25, 0.3) is 0 Å². The fraction of sp³-hybridized carbons (Fsp3) is 0.462. The highest BCUT2D eigenvalue weighted by Crippen LogP contribution is 2.27. The minimum absolute atomic E-state index is 0.0153. The third-order valence-corrected chi connectivity index (χ3v) is 3.64. The molecule has 0 N–H and O–H groups in total. The molecule has 17 heavy (non-hydrogen) atoms. The number of ether oxygens (including phenoxy) is 2. The molecule has 0 saturated carbocycles. The minimum Gasteiger partial charge on any atom is -0.352 e. The summed E-state index contributed by atoms with van der Waals surface area (Å²) in [5, 5.41) is 8.91. The second-order valence-corrected chi connectivity index (χ2v) is 4.79. The van der Waals surface area contributed by atoms with Gasteiger partial charge in [-0.25, -0.2) is 0 Å². The molecule has 1 rings (SSSR count). The number of hydrogen-bond acceptors (Lipinski definition) is 4. The van der Waals surface area contributed by atoms with E-state index in [1.165, 1.54) is 0 Å². The van der Waals surface area contributed by atoms with E-state index >= 15 is 0 Å². The van der Waals surface area contributed by atoms with Crippen LogP contribution in [-0.2, 0) is 9.47 Å². The molecule has 3 nitrogen and oxygen atoms in total. The molecular formula is C13H17NO2S. The molecule has 92 valence electrons. The van der Waals surface area contributed by atoms with E-state index in [-0.39, 0.29) is 11.5 Å². The van der Waals surface area contributed by atoms with Crippen LogP contribution in [0.25, 0.3) is 0 Å². The Morgan fingerprint density at radius 2 is 1.82 bits per heavy atom. The zero-order valence-corrected chi connectivity index (χ0v) is 11.2. The van der Waals surface area contributed by atoms with Gasteiger partial charge in [-0.15, -0.1) is 11.8 Å². The quantitative estimate of drug-likeness (QED) is 0.574. The Kier molecular flexibility index (Phi) is 6.06. The van der Waals surface area contributed by atoms with E-state index in [1.54, 1.807) is 26.0 Å². The summed E-state index contributed by atoms with van der Waals surface area (Å²) in [6, 6.07) is 10.2. The summed E-state index contributed by atoms with van der Waals surface area (Å²) < 4.78 is 10.3. The molecular weight excluding hydrogens is 234 g/mol. The van der Waals surface area contributed by atoms with Gasteiger partial charge in [0.15, 0.2) is 6.29 Å². The molecule has 0 heterocycles. The summed E-state index contributed by atoms with van der Waals surface area (Å²) in [5.74, 6) is 0. The SMILES string of the molecule is CCC(C#N)Sc1ccc(C(OC)OC)cc1. The van der Waals surface area contributed by atoms with Crippen molar-refractivity contribution >= 4 is 11.8 Å². The zero-order chi connectivity index (χ0) is 12.7. The number of benzene rings is 1. The lowest BCUT2D eigenvalue weighted by molar-refractivity contribution is -0.106. The van der Waals surface area contributed by atoms with E-state index in [0.717, 1.165) is 16.9 Å². The minimum atomic E-state index is -0.327. The summed E-state index contributed by atoms with van der Waals surface area (Å²) in [4.78, 5) is 1.09. The Bertz CT molecular complexity index is 368. The number of hydrogen-bond donors (Lipinski definition) is 0. The van der Waals surface area contributed by atoms with Crippen LogP contribution in [0.1, 0.15) is 25.2 Å². The Morgan fingerprint density at radius 1 is 1.24 bits per heavy atom. The van der Waals surface area contributed by atoms with Crippen molar-refractivity contribution in [1.82, 2.24) is 0 Å². The lowest BCUT2D eigenvalue weighted by Crippen LogP contribution is -2.03. The molecule has 0 aromatic heterocycles. The average molecular weight is 251 g/mol. The van der Waals surface area contributed by atoms with Crippen LogP contribution in [0.3, 0.4) is 0 Å². The normalized spacial score (nSPS) is 12.4. The van der Waals surface area contributed by atoms with E-state index in [2.05, 4.69) is 6.07 Å². The largest absolute Gasteiger partial charge is 0.352 e. The highest BCUT2D eigenvalue weighted by molar-refractivity contribution is 8.00. The maximum Gasteiger partial charge on any atom is 0.183 e. The number of methoxy groups -OCH3 is 2. The van der Waals surface area contributed by atoms with Crippen LogP contribution in [0.4, 0.5) is 0 Å². The Labute approximate surface area is 107 Å². The number of nitriles is 1. The molecule has 1 unspecified atom stereocenters. The topological polar surface area (TPSA) is 42.2 Å². The molecule has 4 heteroatoms. The van der Waals surface area contributed by atoms with Crippen molar-refractivity contribution in [2.24, 2.45) is 0 Å². The van der Waals surface area contributed by atoms with Crippen molar-refractivity contribution < 1.29 is 9.47 Å². The van der Waals surface area contributed by atoms with Gasteiger partial charge in [0.1, 0.15) is 0 Å². The maximum atomic E-state index is 8.90. The Balaban J connectivity index is 2.71. The monoisotopic (exact) mass is 251 g/mol. The first kappa shape index (κ1) is 14.0. The fourth-order valence-corrected chi connectivity index (χ4v) is 2.28. The van der Waals surface area contributed by atoms with E-state index in [0.29, 0.717) is 0 Å². The van der Waals surface area contributed by atoms with Gasteiger partial charge in [0, 0.05) is 24.7 Å². The first-order chi connectivity index (χ1) is 8.24. The molecule has 0 radical (unpaired) electrons. The van der Waals surface area contributed by atoms with Crippen LogP contribution >= 0.6 is 11.8 Å². The molecule has 0 spiro atoms. The van der Waals surface area contributed by atoms with Crippen LogP contribution in [0, 0.1) is 11.3 Å². The molecule has 0 aliphatic carbocycles.